The Labute approximate surface area is 96.8 Å². The lowest BCUT2D eigenvalue weighted by Gasteiger charge is -2.10. The molecule has 1 aromatic rings. The number of rotatable bonds is 6. The van der Waals surface area contributed by atoms with Gasteiger partial charge in [0.1, 0.15) is 6.61 Å². The zero-order valence-corrected chi connectivity index (χ0v) is 10.2. The van der Waals surface area contributed by atoms with Gasteiger partial charge in [-0.15, -0.1) is 0 Å². The lowest BCUT2D eigenvalue weighted by molar-refractivity contribution is 0.0542. The highest BCUT2D eigenvalue weighted by Gasteiger charge is 2.01. The summed E-state index contributed by atoms with van der Waals surface area (Å²) in [5.74, 6) is 0.627. The number of ether oxygens (including phenoxy) is 2. The molecule has 0 unspecified atom stereocenters. The lowest BCUT2D eigenvalue weighted by atomic mass is 10.2. The van der Waals surface area contributed by atoms with Gasteiger partial charge < -0.3 is 15.2 Å². The minimum atomic E-state index is 0.234. The Hall–Kier alpha value is -1.13. The van der Waals surface area contributed by atoms with Crippen LogP contribution in [0.2, 0.25) is 0 Å². The maximum Gasteiger partial charge on any atom is 0.213 e. The van der Waals surface area contributed by atoms with Crippen LogP contribution in [0, 0.1) is 6.92 Å². The molecule has 90 valence electrons. The molecule has 0 spiro atoms. The third-order valence-corrected chi connectivity index (χ3v) is 2.17. The Morgan fingerprint density at radius 1 is 1.31 bits per heavy atom. The minimum Gasteiger partial charge on any atom is -0.475 e. The molecule has 4 nitrogen and oxygen atoms in total. The Bertz CT molecular complexity index is 327. The van der Waals surface area contributed by atoms with Crippen LogP contribution < -0.4 is 10.5 Å². The topological polar surface area (TPSA) is 57.4 Å². The van der Waals surface area contributed by atoms with E-state index in [0.29, 0.717) is 25.6 Å². The quantitative estimate of drug-likeness (QED) is 0.746. The highest BCUT2D eigenvalue weighted by Crippen LogP contribution is 2.11. The predicted octanol–water partition coefficient (Wildman–Crippen LogP) is 1.65. The van der Waals surface area contributed by atoms with Crippen molar-refractivity contribution in [3.8, 4) is 5.88 Å². The Morgan fingerprint density at radius 3 is 2.62 bits per heavy atom. The first-order valence-corrected chi connectivity index (χ1v) is 5.54. The summed E-state index contributed by atoms with van der Waals surface area (Å²) in [6, 6.07) is 3.78. The van der Waals surface area contributed by atoms with E-state index in [0.717, 1.165) is 11.3 Å². The smallest absolute Gasteiger partial charge is 0.213 e. The molecular weight excluding hydrogens is 204 g/mol. The van der Waals surface area contributed by atoms with E-state index in [2.05, 4.69) is 4.98 Å². The van der Waals surface area contributed by atoms with Crippen molar-refractivity contribution in [1.29, 1.82) is 0 Å². The molecule has 2 N–H and O–H groups in total. The van der Waals surface area contributed by atoms with Crippen LogP contribution in [0.4, 0.5) is 0 Å². The predicted molar refractivity (Wildman–Crippen MR) is 63.4 cm³/mol. The molecule has 4 heteroatoms. The highest BCUT2D eigenvalue weighted by molar-refractivity contribution is 5.24. The van der Waals surface area contributed by atoms with Crippen LogP contribution in [-0.2, 0) is 11.3 Å². The van der Waals surface area contributed by atoms with Gasteiger partial charge in [-0.3, -0.25) is 0 Å². The van der Waals surface area contributed by atoms with Gasteiger partial charge in [-0.05, 0) is 26.3 Å². The molecule has 0 aliphatic heterocycles. The molecule has 0 saturated carbocycles. The van der Waals surface area contributed by atoms with Gasteiger partial charge in [0.15, 0.2) is 0 Å². The normalized spacial score (nSPS) is 10.8. The summed E-state index contributed by atoms with van der Waals surface area (Å²) in [7, 11) is 0. The Morgan fingerprint density at radius 2 is 2.06 bits per heavy atom. The van der Waals surface area contributed by atoms with Gasteiger partial charge in [0.25, 0.3) is 0 Å². The second-order valence-electron chi connectivity index (χ2n) is 3.87. The highest BCUT2D eigenvalue weighted by atomic mass is 16.5. The van der Waals surface area contributed by atoms with Crippen LogP contribution in [0.1, 0.15) is 25.1 Å². The standard InChI is InChI=1S/C12H20N2O2/c1-9(2)15-6-7-16-12-5-4-11(8-13)10(3)14-12/h4-5,9H,6-8,13H2,1-3H3. The third kappa shape index (κ3) is 4.16. The number of aromatic nitrogens is 1. The fourth-order valence-electron chi connectivity index (χ4n) is 1.29. The monoisotopic (exact) mass is 224 g/mol. The lowest BCUT2D eigenvalue weighted by Crippen LogP contribution is -2.12. The van der Waals surface area contributed by atoms with E-state index in [-0.39, 0.29) is 6.10 Å². The molecule has 0 saturated heterocycles. The van der Waals surface area contributed by atoms with E-state index in [9.17, 15) is 0 Å². The number of nitrogens with zero attached hydrogens (tertiary/aromatic N) is 1. The van der Waals surface area contributed by atoms with Crippen molar-refractivity contribution in [2.75, 3.05) is 13.2 Å². The SMILES string of the molecule is Cc1nc(OCCOC(C)C)ccc1CN. The molecule has 0 atom stereocenters. The van der Waals surface area contributed by atoms with E-state index in [1.54, 1.807) is 0 Å². The van der Waals surface area contributed by atoms with Crippen molar-refractivity contribution in [3.63, 3.8) is 0 Å². The Balaban J connectivity index is 2.40. The van der Waals surface area contributed by atoms with Crippen molar-refractivity contribution >= 4 is 0 Å². The number of nitrogens with two attached hydrogens (primary N) is 1. The zero-order valence-electron chi connectivity index (χ0n) is 10.2. The van der Waals surface area contributed by atoms with Crippen LogP contribution in [-0.4, -0.2) is 24.3 Å². The van der Waals surface area contributed by atoms with Crippen molar-refractivity contribution in [1.82, 2.24) is 4.98 Å². The summed E-state index contributed by atoms with van der Waals surface area (Å²) in [4.78, 5) is 4.30. The molecule has 16 heavy (non-hydrogen) atoms. The van der Waals surface area contributed by atoms with E-state index >= 15 is 0 Å². The summed E-state index contributed by atoms with van der Waals surface area (Å²) in [6.07, 6.45) is 0.234. The van der Waals surface area contributed by atoms with Crippen LogP contribution in [0.3, 0.4) is 0 Å². The van der Waals surface area contributed by atoms with E-state index in [1.165, 1.54) is 0 Å². The van der Waals surface area contributed by atoms with Gasteiger partial charge in [-0.25, -0.2) is 4.98 Å². The maximum atomic E-state index is 5.55. The van der Waals surface area contributed by atoms with Gasteiger partial charge in [-0.2, -0.15) is 0 Å². The van der Waals surface area contributed by atoms with Crippen LogP contribution >= 0.6 is 0 Å². The van der Waals surface area contributed by atoms with Gasteiger partial charge in [0, 0.05) is 18.3 Å². The number of hydrogen-bond acceptors (Lipinski definition) is 4. The van der Waals surface area contributed by atoms with Crippen molar-refractivity contribution in [2.24, 2.45) is 5.73 Å². The minimum absolute atomic E-state index is 0.234. The van der Waals surface area contributed by atoms with Crippen molar-refractivity contribution in [3.05, 3.63) is 23.4 Å². The Kier molecular flexibility index (Phi) is 5.22. The van der Waals surface area contributed by atoms with Crippen LogP contribution in [0.25, 0.3) is 0 Å². The van der Waals surface area contributed by atoms with Crippen LogP contribution in [0.15, 0.2) is 12.1 Å². The first kappa shape index (κ1) is 12.9. The molecule has 0 aromatic carbocycles. The number of aryl methyl sites for hydroxylation is 1. The second-order valence-corrected chi connectivity index (χ2v) is 3.87. The summed E-state index contributed by atoms with van der Waals surface area (Å²) in [5, 5.41) is 0. The molecular formula is C12H20N2O2. The van der Waals surface area contributed by atoms with Crippen LogP contribution in [0.5, 0.6) is 5.88 Å². The zero-order chi connectivity index (χ0) is 12.0. The van der Waals surface area contributed by atoms with Gasteiger partial charge in [0.2, 0.25) is 5.88 Å². The fraction of sp³-hybridized carbons (Fsp3) is 0.583. The fourth-order valence-corrected chi connectivity index (χ4v) is 1.29. The molecule has 1 aromatic heterocycles. The molecule has 0 radical (unpaired) electrons. The van der Waals surface area contributed by atoms with E-state index < -0.39 is 0 Å². The first-order chi connectivity index (χ1) is 7.63. The average Bonchev–Trinajstić information content (AvgIpc) is 2.24. The number of pyridine rings is 1. The van der Waals surface area contributed by atoms with E-state index in [1.807, 2.05) is 32.9 Å². The third-order valence-electron chi connectivity index (χ3n) is 2.17. The average molecular weight is 224 g/mol. The summed E-state index contributed by atoms with van der Waals surface area (Å²) in [6.45, 7) is 7.54. The van der Waals surface area contributed by atoms with Gasteiger partial charge in [0.05, 0.1) is 12.7 Å². The summed E-state index contributed by atoms with van der Waals surface area (Å²) >= 11 is 0. The van der Waals surface area contributed by atoms with Gasteiger partial charge in [-0.1, -0.05) is 6.07 Å². The second kappa shape index (κ2) is 6.45. The first-order valence-electron chi connectivity index (χ1n) is 5.54. The number of hydrogen-bond donors (Lipinski definition) is 1. The molecule has 0 fully saturated rings. The summed E-state index contributed by atoms with van der Waals surface area (Å²) in [5.41, 5.74) is 7.52. The molecule has 0 amide bonds. The molecule has 0 bridgehead atoms. The molecule has 0 aliphatic carbocycles. The van der Waals surface area contributed by atoms with Crippen molar-refractivity contribution in [2.45, 2.75) is 33.4 Å². The summed E-state index contributed by atoms with van der Waals surface area (Å²) < 4.78 is 10.8. The van der Waals surface area contributed by atoms with Crippen molar-refractivity contribution < 1.29 is 9.47 Å². The largest absolute Gasteiger partial charge is 0.475 e. The maximum absolute atomic E-state index is 5.55. The van der Waals surface area contributed by atoms with Gasteiger partial charge >= 0.3 is 0 Å². The van der Waals surface area contributed by atoms with E-state index in [4.69, 9.17) is 15.2 Å². The molecule has 1 heterocycles. The molecule has 0 aliphatic rings. The molecule has 1 rings (SSSR count).